The summed E-state index contributed by atoms with van der Waals surface area (Å²) in [5.41, 5.74) is 0. The van der Waals surface area contributed by atoms with Crippen LogP contribution in [0, 0.1) is 0 Å². The predicted molar refractivity (Wildman–Crippen MR) is 44.2 cm³/mol. The Morgan fingerprint density at radius 1 is 1.00 bits per heavy atom. The summed E-state index contributed by atoms with van der Waals surface area (Å²) >= 11 is 0. The first-order valence-electron chi connectivity index (χ1n) is 4.10. The molecule has 0 amide bonds. The Balaban J connectivity index is 0.000000500. The molecule has 3 radical (unpaired) electrons. The molecule has 0 N–H and O–H groups in total. The summed E-state index contributed by atoms with van der Waals surface area (Å²) in [6, 6.07) is 1.92. The van der Waals surface area contributed by atoms with Crippen molar-refractivity contribution in [3.05, 3.63) is 0 Å². The van der Waals surface area contributed by atoms with Gasteiger partial charge in [0.1, 0.15) is 0 Å². The van der Waals surface area contributed by atoms with Gasteiger partial charge in [0, 0.05) is 36.5 Å². The topological polar surface area (TPSA) is 3.24 Å². The van der Waals surface area contributed by atoms with Crippen LogP contribution in [0.1, 0.15) is 32.1 Å². The van der Waals surface area contributed by atoms with E-state index >= 15 is 0 Å². The van der Waals surface area contributed by atoms with E-state index in [9.17, 15) is 0 Å². The van der Waals surface area contributed by atoms with Gasteiger partial charge in [0.2, 0.25) is 0 Å². The van der Waals surface area contributed by atoms with Crippen molar-refractivity contribution < 1.29 is 0 Å². The molecular formula is C8H15NSb. The number of piperidine rings is 1. The third-order valence-corrected chi connectivity index (χ3v) is 3.06. The first kappa shape index (κ1) is 8.87. The SMILES string of the molecule is CN1[C@@H]2CCC[C@H]1CC2.[Sb]. The van der Waals surface area contributed by atoms with Crippen LogP contribution < -0.4 is 0 Å². The van der Waals surface area contributed by atoms with Crippen molar-refractivity contribution >= 4 is 24.4 Å². The zero-order valence-electron chi connectivity index (χ0n) is 6.58. The van der Waals surface area contributed by atoms with Gasteiger partial charge in [-0.1, -0.05) is 6.42 Å². The van der Waals surface area contributed by atoms with Gasteiger partial charge in [-0.25, -0.2) is 0 Å². The van der Waals surface area contributed by atoms with Gasteiger partial charge < -0.3 is 4.90 Å². The molecule has 2 heteroatoms. The smallest absolute Gasteiger partial charge is 0.00957 e. The Labute approximate surface area is 80.6 Å². The molecule has 0 aromatic rings. The van der Waals surface area contributed by atoms with E-state index in [-0.39, 0.29) is 24.4 Å². The van der Waals surface area contributed by atoms with E-state index in [2.05, 4.69) is 11.9 Å². The molecule has 57 valence electrons. The molecule has 2 saturated heterocycles. The van der Waals surface area contributed by atoms with Gasteiger partial charge in [0.15, 0.2) is 0 Å². The normalized spacial score (nSPS) is 39.3. The first-order valence-corrected chi connectivity index (χ1v) is 4.10. The minimum atomic E-state index is 0. The van der Waals surface area contributed by atoms with Crippen LogP contribution in [0.2, 0.25) is 0 Å². The van der Waals surface area contributed by atoms with Crippen molar-refractivity contribution in [3.8, 4) is 0 Å². The van der Waals surface area contributed by atoms with E-state index in [1.807, 2.05) is 0 Å². The van der Waals surface area contributed by atoms with E-state index in [1.165, 1.54) is 32.1 Å². The van der Waals surface area contributed by atoms with Crippen LogP contribution in [0.5, 0.6) is 0 Å². The number of rotatable bonds is 0. The molecule has 0 aromatic heterocycles. The summed E-state index contributed by atoms with van der Waals surface area (Å²) in [4.78, 5) is 2.59. The molecule has 2 bridgehead atoms. The second-order valence-electron chi connectivity index (χ2n) is 3.48. The van der Waals surface area contributed by atoms with Crippen LogP contribution in [0.3, 0.4) is 0 Å². The van der Waals surface area contributed by atoms with Crippen molar-refractivity contribution in [3.63, 3.8) is 0 Å². The van der Waals surface area contributed by atoms with Crippen LogP contribution in [0.4, 0.5) is 0 Å². The molecule has 2 heterocycles. The maximum atomic E-state index is 2.59. The molecule has 10 heavy (non-hydrogen) atoms. The molecule has 2 fully saturated rings. The predicted octanol–water partition coefficient (Wildman–Crippen LogP) is 1.25. The number of nitrogens with zero attached hydrogens (tertiary/aromatic N) is 1. The van der Waals surface area contributed by atoms with Crippen LogP contribution in [-0.4, -0.2) is 48.5 Å². The first-order chi connectivity index (χ1) is 4.38. The molecule has 0 saturated carbocycles. The fraction of sp³-hybridized carbons (Fsp3) is 1.00. The Hall–Kier alpha value is 0.778. The van der Waals surface area contributed by atoms with Crippen LogP contribution in [-0.2, 0) is 0 Å². The van der Waals surface area contributed by atoms with Gasteiger partial charge in [-0.15, -0.1) is 0 Å². The van der Waals surface area contributed by atoms with Crippen LogP contribution >= 0.6 is 0 Å². The summed E-state index contributed by atoms with van der Waals surface area (Å²) in [6.07, 6.45) is 7.36. The van der Waals surface area contributed by atoms with E-state index in [1.54, 1.807) is 0 Å². The van der Waals surface area contributed by atoms with Gasteiger partial charge >= 0.3 is 0 Å². The molecular weight excluding hydrogens is 232 g/mol. The minimum Gasteiger partial charge on any atom is -0.300 e. The molecule has 0 aromatic carbocycles. The second-order valence-corrected chi connectivity index (χ2v) is 3.48. The monoisotopic (exact) mass is 246 g/mol. The fourth-order valence-corrected chi connectivity index (χ4v) is 2.38. The minimum absolute atomic E-state index is 0. The van der Waals surface area contributed by atoms with Gasteiger partial charge in [-0.3, -0.25) is 0 Å². The third kappa shape index (κ3) is 1.36. The summed E-state index contributed by atoms with van der Waals surface area (Å²) in [7, 11) is 2.29. The maximum absolute atomic E-state index is 2.59. The van der Waals surface area contributed by atoms with Crippen molar-refractivity contribution in [2.75, 3.05) is 7.05 Å². The van der Waals surface area contributed by atoms with Crippen molar-refractivity contribution in [1.82, 2.24) is 4.90 Å². The molecule has 2 aliphatic heterocycles. The third-order valence-electron chi connectivity index (χ3n) is 3.06. The molecule has 0 spiro atoms. The summed E-state index contributed by atoms with van der Waals surface area (Å²) in [5.74, 6) is 0. The van der Waals surface area contributed by atoms with Gasteiger partial charge in [0.05, 0.1) is 0 Å². The molecule has 0 aliphatic carbocycles. The van der Waals surface area contributed by atoms with Crippen LogP contribution in [0.25, 0.3) is 0 Å². The largest absolute Gasteiger partial charge is 0.300 e. The fourth-order valence-electron chi connectivity index (χ4n) is 2.38. The van der Waals surface area contributed by atoms with Crippen molar-refractivity contribution in [2.24, 2.45) is 0 Å². The maximum Gasteiger partial charge on any atom is 0.00957 e. The Morgan fingerprint density at radius 3 is 1.90 bits per heavy atom. The van der Waals surface area contributed by atoms with Gasteiger partial charge in [-0.2, -0.15) is 0 Å². The standard InChI is InChI=1S/C8H15N.Sb/c1-9-7-3-2-4-8(9)6-5-7;/h7-8H,2-6H2,1H3;/t7-,8+;. The summed E-state index contributed by atoms with van der Waals surface area (Å²) in [5, 5.41) is 0. The second kappa shape index (κ2) is 3.45. The molecule has 2 rings (SSSR count). The van der Waals surface area contributed by atoms with E-state index in [4.69, 9.17) is 0 Å². The Morgan fingerprint density at radius 2 is 1.50 bits per heavy atom. The number of hydrogen-bond donors (Lipinski definition) is 0. The zero-order valence-corrected chi connectivity index (χ0v) is 9.14. The van der Waals surface area contributed by atoms with E-state index < -0.39 is 0 Å². The molecule has 1 nitrogen and oxygen atoms in total. The average molecular weight is 247 g/mol. The Bertz CT molecular complexity index is 99.8. The number of hydrogen-bond acceptors (Lipinski definition) is 1. The molecule has 0 unspecified atom stereocenters. The summed E-state index contributed by atoms with van der Waals surface area (Å²) in [6.45, 7) is 0. The van der Waals surface area contributed by atoms with E-state index in [0.717, 1.165) is 12.1 Å². The number of fused-ring (bicyclic) bond motifs is 2. The van der Waals surface area contributed by atoms with E-state index in [0.29, 0.717) is 0 Å². The Kier molecular flexibility index (Phi) is 3.06. The summed E-state index contributed by atoms with van der Waals surface area (Å²) < 4.78 is 0. The van der Waals surface area contributed by atoms with Crippen molar-refractivity contribution in [1.29, 1.82) is 0 Å². The van der Waals surface area contributed by atoms with Crippen LogP contribution in [0.15, 0.2) is 0 Å². The quantitative estimate of drug-likeness (QED) is 0.582. The van der Waals surface area contributed by atoms with Crippen molar-refractivity contribution in [2.45, 2.75) is 44.2 Å². The zero-order chi connectivity index (χ0) is 6.27. The molecule has 2 aliphatic rings. The van der Waals surface area contributed by atoms with Gasteiger partial charge in [0.25, 0.3) is 0 Å². The average Bonchev–Trinajstić information content (AvgIpc) is 2.19. The van der Waals surface area contributed by atoms with Gasteiger partial charge in [-0.05, 0) is 32.7 Å². The molecule has 2 atom stereocenters.